The van der Waals surface area contributed by atoms with Crippen molar-refractivity contribution in [3.63, 3.8) is 0 Å². The summed E-state index contributed by atoms with van der Waals surface area (Å²) < 4.78 is -1.09. The summed E-state index contributed by atoms with van der Waals surface area (Å²) in [6, 6.07) is 6.36. The fourth-order valence-corrected chi connectivity index (χ4v) is 3.67. The number of hydrogen-bond acceptors (Lipinski definition) is 5. The lowest BCUT2D eigenvalue weighted by molar-refractivity contribution is -0.117. The Morgan fingerprint density at radius 2 is 1.79 bits per heavy atom. The second kappa shape index (κ2) is 6.61. The molecule has 1 heterocycles. The normalized spacial score (nSPS) is 23.4. The Morgan fingerprint density at radius 3 is 2.33 bits per heavy atom. The fourth-order valence-electron chi connectivity index (χ4n) is 2.55. The molecule has 1 N–H and O–H groups in total. The summed E-state index contributed by atoms with van der Waals surface area (Å²) in [6.07, 6.45) is 3.25. The number of ketones is 2. The van der Waals surface area contributed by atoms with Gasteiger partial charge in [0.25, 0.3) is 0 Å². The van der Waals surface area contributed by atoms with Crippen LogP contribution in [-0.2, 0) is 9.59 Å². The van der Waals surface area contributed by atoms with E-state index in [2.05, 4.69) is 6.58 Å². The summed E-state index contributed by atoms with van der Waals surface area (Å²) in [5.41, 5.74) is 0.941. The molecule has 124 valence electrons. The largest absolute Gasteiger partial charge is 0.506 e. The van der Waals surface area contributed by atoms with E-state index in [4.69, 9.17) is 0 Å². The van der Waals surface area contributed by atoms with E-state index in [1.54, 1.807) is 44.2 Å². The van der Waals surface area contributed by atoms with Crippen molar-refractivity contribution in [2.45, 2.75) is 25.5 Å². The van der Waals surface area contributed by atoms with Crippen molar-refractivity contribution in [3.05, 3.63) is 65.3 Å². The summed E-state index contributed by atoms with van der Waals surface area (Å²) in [7, 11) is 0. The molecule has 0 amide bonds. The molecule has 0 saturated carbocycles. The molecule has 1 atom stereocenters. The van der Waals surface area contributed by atoms with Gasteiger partial charge < -0.3 is 5.11 Å². The maximum atomic E-state index is 12.8. The molecule has 1 aliphatic heterocycles. The molecule has 0 radical (unpaired) electrons. The van der Waals surface area contributed by atoms with Gasteiger partial charge in [-0.2, -0.15) is 0 Å². The van der Waals surface area contributed by atoms with Gasteiger partial charge in [0, 0.05) is 11.1 Å². The number of benzene rings is 1. The Hall–Kier alpha value is -2.40. The highest BCUT2D eigenvalue weighted by atomic mass is 32.2. The van der Waals surface area contributed by atoms with E-state index < -0.39 is 21.4 Å². The third-order valence-electron chi connectivity index (χ3n) is 3.81. The van der Waals surface area contributed by atoms with Crippen LogP contribution in [0.4, 0.5) is 0 Å². The van der Waals surface area contributed by atoms with Crippen molar-refractivity contribution in [3.8, 4) is 0 Å². The van der Waals surface area contributed by atoms with Crippen molar-refractivity contribution in [1.29, 1.82) is 0 Å². The van der Waals surface area contributed by atoms with Crippen molar-refractivity contribution in [2.24, 2.45) is 0 Å². The molecule has 1 aromatic carbocycles. The average Bonchev–Trinajstić information content (AvgIpc) is 2.75. The number of aliphatic hydroxyl groups excluding tert-OH is 1. The third-order valence-corrected chi connectivity index (χ3v) is 4.93. The number of hydrogen-bond donors (Lipinski definition) is 1. The number of carbonyl (C=O) groups is 3. The molecule has 0 aromatic heterocycles. The molecule has 1 fully saturated rings. The Labute approximate surface area is 145 Å². The summed E-state index contributed by atoms with van der Waals surface area (Å²) in [6.45, 7) is 8.41. The maximum Gasteiger partial charge on any atom is 0.228 e. The van der Waals surface area contributed by atoms with E-state index in [0.29, 0.717) is 0 Å². The summed E-state index contributed by atoms with van der Waals surface area (Å²) in [5, 5.41) is 10.0. The van der Waals surface area contributed by atoms with Crippen molar-refractivity contribution in [2.75, 3.05) is 0 Å². The highest BCUT2D eigenvalue weighted by Crippen LogP contribution is 2.43. The van der Waals surface area contributed by atoms with Crippen LogP contribution in [0.5, 0.6) is 0 Å². The second-order valence-corrected chi connectivity index (χ2v) is 7.17. The van der Waals surface area contributed by atoms with Crippen LogP contribution in [0.2, 0.25) is 0 Å². The number of Topliss-reactive ketones (excluding diaryl/α,β-unsaturated/α-hetero) is 2. The molecule has 5 heteroatoms. The van der Waals surface area contributed by atoms with Gasteiger partial charge in [-0.25, -0.2) is 0 Å². The molecule has 24 heavy (non-hydrogen) atoms. The van der Waals surface area contributed by atoms with Crippen molar-refractivity contribution in [1.82, 2.24) is 0 Å². The van der Waals surface area contributed by atoms with Gasteiger partial charge in [-0.15, -0.1) is 0 Å². The first-order valence-corrected chi connectivity index (χ1v) is 8.16. The van der Waals surface area contributed by atoms with Crippen LogP contribution in [0.15, 0.2) is 54.1 Å². The number of rotatable bonds is 4. The van der Waals surface area contributed by atoms with Crippen LogP contribution in [0.3, 0.4) is 0 Å². The quantitative estimate of drug-likeness (QED) is 0.295. The Morgan fingerprint density at radius 1 is 1.21 bits per heavy atom. The van der Waals surface area contributed by atoms with Crippen LogP contribution >= 0.6 is 11.8 Å². The lowest BCUT2D eigenvalue weighted by atomic mass is 9.93. The van der Waals surface area contributed by atoms with Gasteiger partial charge in [-0.3, -0.25) is 14.4 Å². The smallest absolute Gasteiger partial charge is 0.228 e. The highest BCUT2D eigenvalue weighted by Gasteiger charge is 2.48. The van der Waals surface area contributed by atoms with E-state index >= 15 is 0 Å². The minimum absolute atomic E-state index is 0.191. The molecule has 0 spiro atoms. The van der Waals surface area contributed by atoms with Gasteiger partial charge in [0.2, 0.25) is 5.12 Å². The zero-order valence-corrected chi connectivity index (χ0v) is 14.6. The summed E-state index contributed by atoms with van der Waals surface area (Å²) >= 11 is 0.850. The molecule has 2 rings (SSSR count). The van der Waals surface area contributed by atoms with Gasteiger partial charge in [0.15, 0.2) is 11.6 Å². The lowest BCUT2D eigenvalue weighted by Gasteiger charge is -2.15. The van der Waals surface area contributed by atoms with E-state index in [0.717, 1.165) is 17.3 Å². The minimum atomic E-state index is -1.09. The molecule has 4 nitrogen and oxygen atoms in total. The molecule has 1 saturated heterocycles. The zero-order chi connectivity index (χ0) is 18.1. The monoisotopic (exact) mass is 342 g/mol. The van der Waals surface area contributed by atoms with Crippen LogP contribution in [-0.4, -0.2) is 26.5 Å². The van der Waals surface area contributed by atoms with Crippen LogP contribution in [0, 0.1) is 0 Å². The Bertz CT molecular complexity index is 816. The first kappa shape index (κ1) is 17.9. The minimum Gasteiger partial charge on any atom is -0.506 e. The van der Waals surface area contributed by atoms with E-state index in [1.165, 1.54) is 13.0 Å². The second-order valence-electron chi connectivity index (χ2n) is 5.74. The first-order chi connectivity index (χ1) is 11.2. The average molecular weight is 342 g/mol. The number of allylic oxidation sites excluding steroid dienone is 2. The van der Waals surface area contributed by atoms with Crippen LogP contribution in [0.1, 0.15) is 36.7 Å². The van der Waals surface area contributed by atoms with Gasteiger partial charge in [-0.05, 0) is 20.8 Å². The SMILES string of the molecule is C=C/C(C)=C/[C@@]1(C)SC(=O)C(=C(O)c2ccccc2C(C)=O)C1=O. The van der Waals surface area contributed by atoms with E-state index in [9.17, 15) is 19.5 Å². The molecule has 1 aromatic rings. The summed E-state index contributed by atoms with van der Waals surface area (Å²) in [5.74, 6) is -1.18. The summed E-state index contributed by atoms with van der Waals surface area (Å²) in [4.78, 5) is 36.8. The maximum absolute atomic E-state index is 12.8. The highest BCUT2D eigenvalue weighted by molar-refractivity contribution is 8.17. The molecule has 0 aliphatic carbocycles. The molecule has 0 bridgehead atoms. The number of aliphatic hydroxyl groups is 1. The van der Waals surface area contributed by atoms with Crippen LogP contribution < -0.4 is 0 Å². The molecular weight excluding hydrogens is 324 g/mol. The van der Waals surface area contributed by atoms with Crippen molar-refractivity contribution < 1.29 is 19.5 Å². The Kier molecular flexibility index (Phi) is 4.94. The Balaban J connectivity index is 2.62. The molecule has 1 aliphatic rings. The van der Waals surface area contributed by atoms with Crippen molar-refractivity contribution >= 4 is 34.2 Å². The van der Waals surface area contributed by atoms with E-state index in [1.807, 2.05) is 0 Å². The third kappa shape index (κ3) is 3.12. The number of carbonyl (C=O) groups excluding carboxylic acids is 3. The molecular formula is C19H18O4S. The number of thioether (sulfide) groups is 1. The van der Waals surface area contributed by atoms with Gasteiger partial charge >= 0.3 is 0 Å². The van der Waals surface area contributed by atoms with Crippen LogP contribution in [0.25, 0.3) is 5.76 Å². The molecule has 0 unspecified atom stereocenters. The fraction of sp³-hybridized carbons (Fsp3) is 0.211. The standard InChI is InChI=1S/C19H18O4S/c1-5-11(2)10-19(4)17(22)15(18(23)24-19)16(21)14-9-7-6-8-13(14)12(3)20/h5-10,21H,1H2,2-4H3/b11-10+,16-15?/t19-/m1/s1. The van der Waals surface area contributed by atoms with Gasteiger partial charge in [-0.1, -0.05) is 60.3 Å². The predicted molar refractivity (Wildman–Crippen MR) is 96.0 cm³/mol. The van der Waals surface area contributed by atoms with Gasteiger partial charge in [0.1, 0.15) is 16.1 Å². The first-order valence-electron chi connectivity index (χ1n) is 7.35. The van der Waals surface area contributed by atoms with E-state index in [-0.39, 0.29) is 22.5 Å². The predicted octanol–water partition coefficient (Wildman–Crippen LogP) is 3.89. The zero-order valence-electron chi connectivity index (χ0n) is 13.8. The van der Waals surface area contributed by atoms with Gasteiger partial charge in [0.05, 0.1) is 0 Å². The lowest BCUT2D eigenvalue weighted by Crippen LogP contribution is -2.25. The topological polar surface area (TPSA) is 71.4 Å².